The maximum atomic E-state index is 12.1. The average Bonchev–Trinajstić information content (AvgIpc) is 2.64. The van der Waals surface area contributed by atoms with E-state index in [2.05, 4.69) is 22.7 Å². The Kier molecular flexibility index (Phi) is 7.03. The van der Waals surface area contributed by atoms with Gasteiger partial charge in [-0.2, -0.15) is 16.9 Å². The fourth-order valence-electron chi connectivity index (χ4n) is 2.24. The summed E-state index contributed by atoms with van der Waals surface area (Å²) in [6, 6.07) is 17.9. The highest BCUT2D eigenvalue weighted by Gasteiger charge is 2.19. The molecular formula is C20H22N2O2S2. The number of hydrazone groups is 1. The molecular weight excluding hydrogens is 364 g/mol. The second kappa shape index (κ2) is 9.69. The molecule has 1 aliphatic heterocycles. The lowest BCUT2D eigenvalue weighted by atomic mass is 10.2. The van der Waals surface area contributed by atoms with Crippen LogP contribution >= 0.6 is 23.5 Å². The molecule has 2 aromatic carbocycles. The Labute approximate surface area is 162 Å². The fourth-order valence-corrected chi connectivity index (χ4v) is 3.64. The highest BCUT2D eigenvalue weighted by Crippen LogP contribution is 2.23. The second-order valence-electron chi connectivity index (χ2n) is 6.02. The quantitative estimate of drug-likeness (QED) is 0.551. The Morgan fingerprint density at radius 2 is 2.00 bits per heavy atom. The molecule has 0 aromatic heterocycles. The van der Waals surface area contributed by atoms with Gasteiger partial charge in [-0.25, -0.2) is 5.43 Å². The van der Waals surface area contributed by atoms with Gasteiger partial charge in [0.15, 0.2) is 0 Å². The molecule has 1 N–H and O–H groups in total. The lowest BCUT2D eigenvalue weighted by molar-refractivity contribution is -0.120. The Morgan fingerprint density at radius 1 is 1.27 bits per heavy atom. The molecule has 0 radical (unpaired) electrons. The highest BCUT2D eigenvalue weighted by atomic mass is 32.2. The predicted octanol–water partition coefficient (Wildman–Crippen LogP) is 3.95. The monoisotopic (exact) mass is 386 g/mol. The number of hydrogen-bond acceptors (Lipinski definition) is 5. The van der Waals surface area contributed by atoms with E-state index in [9.17, 15) is 4.79 Å². The molecule has 1 atom stereocenters. The molecule has 3 rings (SSSR count). The van der Waals surface area contributed by atoms with Crippen LogP contribution in [-0.4, -0.2) is 35.0 Å². The molecule has 2 aromatic rings. The maximum absolute atomic E-state index is 12.1. The predicted molar refractivity (Wildman–Crippen MR) is 111 cm³/mol. The summed E-state index contributed by atoms with van der Waals surface area (Å²) in [7, 11) is 0. The van der Waals surface area contributed by atoms with Crippen LogP contribution in [0.5, 0.6) is 5.75 Å². The van der Waals surface area contributed by atoms with E-state index in [4.69, 9.17) is 4.74 Å². The minimum atomic E-state index is -0.163. The van der Waals surface area contributed by atoms with Crippen molar-refractivity contribution in [1.82, 2.24) is 5.43 Å². The summed E-state index contributed by atoms with van der Waals surface area (Å²) in [6.45, 7) is 1.89. The topological polar surface area (TPSA) is 50.7 Å². The van der Waals surface area contributed by atoms with Gasteiger partial charge < -0.3 is 4.74 Å². The van der Waals surface area contributed by atoms with Gasteiger partial charge in [-0.15, -0.1) is 11.8 Å². The molecule has 1 heterocycles. The normalized spacial score (nSPS) is 15.4. The summed E-state index contributed by atoms with van der Waals surface area (Å²) in [5, 5.41) is 3.89. The smallest absolute Gasteiger partial charge is 0.252 e. The highest BCUT2D eigenvalue weighted by molar-refractivity contribution is 8.00. The Morgan fingerprint density at radius 3 is 2.65 bits per heavy atom. The van der Waals surface area contributed by atoms with Crippen molar-refractivity contribution in [2.24, 2.45) is 5.10 Å². The van der Waals surface area contributed by atoms with Crippen molar-refractivity contribution >= 4 is 35.6 Å². The summed E-state index contributed by atoms with van der Waals surface area (Å²) in [5.41, 5.74) is 4.74. The van der Waals surface area contributed by atoms with E-state index in [0.717, 1.165) is 28.6 Å². The number of hydrogen-bond donors (Lipinski definition) is 1. The molecule has 136 valence electrons. The van der Waals surface area contributed by atoms with Gasteiger partial charge >= 0.3 is 0 Å². The molecule has 1 amide bonds. The van der Waals surface area contributed by atoms with Crippen LogP contribution < -0.4 is 10.2 Å². The summed E-state index contributed by atoms with van der Waals surface area (Å²) >= 11 is 3.49. The van der Waals surface area contributed by atoms with Gasteiger partial charge in [0, 0.05) is 17.3 Å². The van der Waals surface area contributed by atoms with E-state index in [1.807, 2.05) is 61.2 Å². The number of benzene rings is 2. The van der Waals surface area contributed by atoms with Crippen molar-refractivity contribution < 1.29 is 9.53 Å². The van der Waals surface area contributed by atoms with Crippen molar-refractivity contribution in [3.63, 3.8) is 0 Å². The van der Waals surface area contributed by atoms with Gasteiger partial charge in [0.2, 0.25) is 0 Å². The average molecular weight is 387 g/mol. The lowest BCUT2D eigenvalue weighted by Crippen LogP contribution is -2.30. The summed E-state index contributed by atoms with van der Waals surface area (Å²) < 4.78 is 5.80. The molecule has 1 saturated heterocycles. The van der Waals surface area contributed by atoms with Gasteiger partial charge in [0.05, 0.1) is 11.5 Å². The molecule has 4 nitrogen and oxygen atoms in total. The minimum Gasteiger partial charge on any atom is -0.489 e. The van der Waals surface area contributed by atoms with Gasteiger partial charge in [0.1, 0.15) is 11.9 Å². The van der Waals surface area contributed by atoms with E-state index >= 15 is 0 Å². The molecule has 6 heteroatoms. The van der Waals surface area contributed by atoms with Crippen molar-refractivity contribution in [2.45, 2.75) is 24.0 Å². The number of nitrogens with one attached hydrogen (secondary N) is 1. The van der Waals surface area contributed by atoms with Gasteiger partial charge in [-0.05, 0) is 42.3 Å². The molecule has 0 bridgehead atoms. The third-order valence-corrected chi connectivity index (χ3v) is 6.32. The van der Waals surface area contributed by atoms with Gasteiger partial charge in [-0.3, -0.25) is 4.79 Å². The van der Waals surface area contributed by atoms with E-state index < -0.39 is 0 Å². The van der Waals surface area contributed by atoms with Crippen molar-refractivity contribution in [3.8, 4) is 5.75 Å². The first-order valence-corrected chi connectivity index (χ1v) is 10.7. The molecule has 26 heavy (non-hydrogen) atoms. The van der Waals surface area contributed by atoms with Crippen LogP contribution in [0.4, 0.5) is 0 Å². The molecule has 0 spiro atoms. The molecule has 1 fully saturated rings. The fraction of sp³-hybridized carbons (Fsp3) is 0.300. The third kappa shape index (κ3) is 5.81. The largest absolute Gasteiger partial charge is 0.489 e. The van der Waals surface area contributed by atoms with E-state index in [0.29, 0.717) is 6.10 Å². The first kappa shape index (κ1) is 18.9. The number of amides is 1. The number of carbonyl (C=O) groups is 1. The molecule has 1 aliphatic rings. The van der Waals surface area contributed by atoms with E-state index in [1.165, 1.54) is 5.56 Å². The zero-order valence-electron chi connectivity index (χ0n) is 14.6. The number of carbonyl (C=O) groups excluding carboxylic acids is 1. The molecule has 0 unspecified atom stereocenters. The summed E-state index contributed by atoms with van der Waals surface area (Å²) in [5.74, 6) is 3.72. The van der Waals surface area contributed by atoms with E-state index in [1.54, 1.807) is 18.0 Å². The van der Waals surface area contributed by atoms with Crippen LogP contribution in [0.2, 0.25) is 0 Å². The Bertz CT molecular complexity index is 731. The first-order chi connectivity index (χ1) is 12.7. The van der Waals surface area contributed by atoms with Crippen LogP contribution in [0.15, 0.2) is 59.7 Å². The lowest BCUT2D eigenvalue weighted by Gasteiger charge is -2.25. The van der Waals surface area contributed by atoms with Crippen molar-refractivity contribution in [1.29, 1.82) is 0 Å². The number of nitrogens with zero attached hydrogens (tertiary/aromatic N) is 1. The SMILES string of the molecule is C[C@H](SCc1ccccc1)C(=O)N/N=C\c1ccc(OC2CSC2)cc1. The number of thioether (sulfide) groups is 2. The summed E-state index contributed by atoms with van der Waals surface area (Å²) in [4.78, 5) is 12.1. The van der Waals surface area contributed by atoms with Crippen LogP contribution in [0.3, 0.4) is 0 Å². The number of ether oxygens (including phenoxy) is 1. The Balaban J connectivity index is 1.41. The third-order valence-electron chi connectivity index (χ3n) is 3.89. The van der Waals surface area contributed by atoms with Crippen LogP contribution in [0, 0.1) is 0 Å². The second-order valence-corrected chi connectivity index (χ2v) is 8.42. The van der Waals surface area contributed by atoms with Crippen molar-refractivity contribution in [2.75, 3.05) is 11.5 Å². The first-order valence-electron chi connectivity index (χ1n) is 8.53. The van der Waals surface area contributed by atoms with Gasteiger partial charge in [-0.1, -0.05) is 30.3 Å². The zero-order valence-corrected chi connectivity index (χ0v) is 16.3. The van der Waals surface area contributed by atoms with Crippen LogP contribution in [-0.2, 0) is 10.5 Å². The van der Waals surface area contributed by atoms with Crippen LogP contribution in [0.1, 0.15) is 18.1 Å². The van der Waals surface area contributed by atoms with E-state index in [-0.39, 0.29) is 11.2 Å². The van der Waals surface area contributed by atoms with Crippen molar-refractivity contribution in [3.05, 3.63) is 65.7 Å². The standard InChI is InChI=1S/C20H22N2O2S2/c1-15(26-12-17-5-3-2-4-6-17)20(23)22-21-11-16-7-9-18(10-8-16)24-19-13-25-14-19/h2-11,15,19H,12-14H2,1H3,(H,22,23)/b21-11-/t15-/m0/s1. The minimum absolute atomic E-state index is 0.0929. The zero-order chi connectivity index (χ0) is 18.2. The Hall–Kier alpha value is -1.92. The summed E-state index contributed by atoms with van der Waals surface area (Å²) in [6.07, 6.45) is 1.99. The molecule has 0 saturated carbocycles. The molecule has 0 aliphatic carbocycles. The van der Waals surface area contributed by atoms with Gasteiger partial charge in [0.25, 0.3) is 5.91 Å². The van der Waals surface area contributed by atoms with Crippen LogP contribution in [0.25, 0.3) is 0 Å². The maximum Gasteiger partial charge on any atom is 0.252 e. The number of rotatable bonds is 8.